The van der Waals surface area contributed by atoms with E-state index in [0.717, 1.165) is 6.42 Å². The molecule has 0 bridgehead atoms. The molecule has 0 radical (unpaired) electrons. The van der Waals surface area contributed by atoms with Crippen LogP contribution in [0.5, 0.6) is 5.75 Å². The van der Waals surface area contributed by atoms with Crippen LogP contribution in [0, 0.1) is 0 Å². The average Bonchev–Trinajstić information content (AvgIpc) is 2.30. The zero-order valence-electron chi connectivity index (χ0n) is 11.4. The van der Waals surface area contributed by atoms with Gasteiger partial charge in [0, 0.05) is 6.42 Å². The third-order valence-electron chi connectivity index (χ3n) is 2.34. The minimum atomic E-state index is -1.04. The minimum absolute atomic E-state index is 0.0579. The maximum absolute atomic E-state index is 11.6. The molecule has 1 aromatic carbocycles. The van der Waals surface area contributed by atoms with Gasteiger partial charge >= 0.3 is 5.97 Å². The molecule has 0 atom stereocenters. The van der Waals surface area contributed by atoms with Gasteiger partial charge in [-0.05, 0) is 38.5 Å². The molecule has 1 amide bonds. The van der Waals surface area contributed by atoms with Crippen LogP contribution in [0.1, 0.15) is 44.0 Å². The van der Waals surface area contributed by atoms with E-state index in [-0.39, 0.29) is 17.6 Å². The van der Waals surface area contributed by atoms with Crippen LogP contribution >= 0.6 is 0 Å². The second-order valence-corrected chi connectivity index (χ2v) is 4.48. The third kappa shape index (κ3) is 4.62. The number of carboxylic acids is 1. The molecule has 0 spiro atoms. The number of benzene rings is 1. The molecule has 1 aromatic rings. The highest BCUT2D eigenvalue weighted by atomic mass is 16.5. The second-order valence-electron chi connectivity index (χ2n) is 4.48. The molecule has 0 aromatic heterocycles. The zero-order valence-corrected chi connectivity index (χ0v) is 11.4. The first-order valence-electron chi connectivity index (χ1n) is 6.28. The molecule has 5 nitrogen and oxygen atoms in total. The van der Waals surface area contributed by atoms with Gasteiger partial charge in [-0.1, -0.05) is 6.92 Å². The Morgan fingerprint density at radius 1 is 1.37 bits per heavy atom. The van der Waals surface area contributed by atoms with E-state index in [4.69, 9.17) is 9.84 Å². The van der Waals surface area contributed by atoms with Crippen molar-refractivity contribution in [3.8, 4) is 5.75 Å². The summed E-state index contributed by atoms with van der Waals surface area (Å²) in [5, 5.41) is 11.7. The van der Waals surface area contributed by atoms with Crippen LogP contribution in [0.25, 0.3) is 0 Å². The van der Waals surface area contributed by atoms with Gasteiger partial charge in [-0.15, -0.1) is 0 Å². The smallest absolute Gasteiger partial charge is 0.335 e. The van der Waals surface area contributed by atoms with Crippen molar-refractivity contribution in [2.24, 2.45) is 0 Å². The Hall–Kier alpha value is -2.04. The van der Waals surface area contributed by atoms with Crippen molar-refractivity contribution in [1.29, 1.82) is 0 Å². The fourth-order valence-electron chi connectivity index (χ4n) is 1.56. The molecule has 5 heteroatoms. The van der Waals surface area contributed by atoms with Gasteiger partial charge in [0.15, 0.2) is 0 Å². The van der Waals surface area contributed by atoms with E-state index < -0.39 is 5.97 Å². The molecule has 0 unspecified atom stereocenters. The van der Waals surface area contributed by atoms with E-state index >= 15 is 0 Å². The number of anilines is 1. The standard InChI is InChI=1S/C14H19NO4/c1-4-5-13(16)15-11-8-10(14(17)18)6-7-12(11)19-9(2)3/h6-9H,4-5H2,1-3H3,(H,15,16)(H,17,18). The summed E-state index contributed by atoms with van der Waals surface area (Å²) in [6.45, 7) is 5.63. The summed E-state index contributed by atoms with van der Waals surface area (Å²) in [5.41, 5.74) is 0.509. The van der Waals surface area contributed by atoms with Crippen LogP contribution in [0.2, 0.25) is 0 Å². The van der Waals surface area contributed by atoms with E-state index in [0.29, 0.717) is 17.9 Å². The summed E-state index contributed by atoms with van der Waals surface area (Å²) in [6, 6.07) is 4.42. The first kappa shape index (κ1) is 15.0. The molecule has 0 aliphatic carbocycles. The summed E-state index contributed by atoms with van der Waals surface area (Å²) in [7, 11) is 0. The van der Waals surface area contributed by atoms with Gasteiger partial charge in [-0.2, -0.15) is 0 Å². The van der Waals surface area contributed by atoms with Gasteiger partial charge < -0.3 is 15.2 Å². The Balaban J connectivity index is 3.03. The number of ether oxygens (including phenoxy) is 1. The van der Waals surface area contributed by atoms with Crippen LogP contribution in [0.15, 0.2) is 18.2 Å². The Bertz CT molecular complexity index is 469. The van der Waals surface area contributed by atoms with E-state index in [1.165, 1.54) is 12.1 Å². The second kappa shape index (κ2) is 6.78. The number of aromatic carboxylic acids is 1. The molecule has 19 heavy (non-hydrogen) atoms. The molecule has 0 saturated carbocycles. The first-order chi connectivity index (χ1) is 8.93. The van der Waals surface area contributed by atoms with Crippen molar-refractivity contribution in [2.45, 2.75) is 39.7 Å². The SMILES string of the molecule is CCCC(=O)Nc1cc(C(=O)O)ccc1OC(C)C. The lowest BCUT2D eigenvalue weighted by Gasteiger charge is -2.15. The fourth-order valence-corrected chi connectivity index (χ4v) is 1.56. The molecule has 104 valence electrons. The fraction of sp³-hybridized carbons (Fsp3) is 0.429. The molecule has 0 heterocycles. The van der Waals surface area contributed by atoms with E-state index in [1.807, 2.05) is 20.8 Å². The van der Waals surface area contributed by atoms with Gasteiger partial charge in [-0.25, -0.2) is 4.79 Å². The Morgan fingerprint density at radius 3 is 2.58 bits per heavy atom. The molecule has 2 N–H and O–H groups in total. The van der Waals surface area contributed by atoms with Crippen molar-refractivity contribution in [2.75, 3.05) is 5.32 Å². The maximum atomic E-state index is 11.6. The highest BCUT2D eigenvalue weighted by molar-refractivity contribution is 5.95. The average molecular weight is 265 g/mol. The van der Waals surface area contributed by atoms with Crippen LogP contribution in [-0.2, 0) is 4.79 Å². The van der Waals surface area contributed by atoms with E-state index in [1.54, 1.807) is 6.07 Å². The number of carbonyl (C=O) groups is 2. The lowest BCUT2D eigenvalue weighted by atomic mass is 10.1. The minimum Gasteiger partial charge on any atom is -0.489 e. The van der Waals surface area contributed by atoms with Crippen molar-refractivity contribution in [3.05, 3.63) is 23.8 Å². The summed E-state index contributed by atoms with van der Waals surface area (Å²) >= 11 is 0. The number of amides is 1. The molecule has 1 rings (SSSR count). The van der Waals surface area contributed by atoms with Crippen molar-refractivity contribution < 1.29 is 19.4 Å². The molecular weight excluding hydrogens is 246 g/mol. The molecular formula is C14H19NO4. The van der Waals surface area contributed by atoms with Gasteiger partial charge in [0.05, 0.1) is 17.4 Å². The van der Waals surface area contributed by atoms with Gasteiger partial charge in [0.1, 0.15) is 5.75 Å². The number of carbonyl (C=O) groups excluding carboxylic acids is 1. The van der Waals surface area contributed by atoms with Gasteiger partial charge in [0.2, 0.25) is 5.91 Å². The molecule has 0 aliphatic rings. The van der Waals surface area contributed by atoms with E-state index in [2.05, 4.69) is 5.32 Å². The number of hydrogen-bond donors (Lipinski definition) is 2. The highest BCUT2D eigenvalue weighted by Gasteiger charge is 2.12. The highest BCUT2D eigenvalue weighted by Crippen LogP contribution is 2.27. The summed E-state index contributed by atoms with van der Waals surface area (Å²) in [4.78, 5) is 22.6. The van der Waals surface area contributed by atoms with Gasteiger partial charge in [-0.3, -0.25) is 4.79 Å². The van der Waals surface area contributed by atoms with Crippen molar-refractivity contribution >= 4 is 17.6 Å². The maximum Gasteiger partial charge on any atom is 0.335 e. The van der Waals surface area contributed by atoms with E-state index in [9.17, 15) is 9.59 Å². The molecule has 0 saturated heterocycles. The Morgan fingerprint density at radius 2 is 2.05 bits per heavy atom. The van der Waals surface area contributed by atoms with Crippen LogP contribution < -0.4 is 10.1 Å². The topological polar surface area (TPSA) is 75.6 Å². The third-order valence-corrected chi connectivity index (χ3v) is 2.34. The van der Waals surface area contributed by atoms with Crippen molar-refractivity contribution in [1.82, 2.24) is 0 Å². The lowest BCUT2D eigenvalue weighted by molar-refractivity contribution is -0.116. The van der Waals surface area contributed by atoms with Gasteiger partial charge in [0.25, 0.3) is 0 Å². The summed E-state index contributed by atoms with van der Waals surface area (Å²) in [6.07, 6.45) is 1.06. The predicted octanol–water partition coefficient (Wildman–Crippen LogP) is 2.91. The van der Waals surface area contributed by atoms with Crippen LogP contribution in [0.3, 0.4) is 0 Å². The Labute approximate surface area is 112 Å². The Kier molecular flexibility index (Phi) is 5.36. The monoisotopic (exact) mass is 265 g/mol. The summed E-state index contributed by atoms with van der Waals surface area (Å²) in [5.74, 6) is -0.717. The summed E-state index contributed by atoms with van der Waals surface area (Å²) < 4.78 is 5.55. The number of carboxylic acid groups (broad SMARTS) is 1. The molecule has 0 fully saturated rings. The lowest BCUT2D eigenvalue weighted by Crippen LogP contribution is -2.14. The van der Waals surface area contributed by atoms with Crippen molar-refractivity contribution in [3.63, 3.8) is 0 Å². The first-order valence-corrected chi connectivity index (χ1v) is 6.28. The predicted molar refractivity (Wildman–Crippen MR) is 72.7 cm³/mol. The normalized spacial score (nSPS) is 10.3. The number of nitrogens with one attached hydrogen (secondary N) is 1. The quantitative estimate of drug-likeness (QED) is 0.829. The van der Waals surface area contributed by atoms with Crippen LogP contribution in [0.4, 0.5) is 5.69 Å². The molecule has 0 aliphatic heterocycles. The zero-order chi connectivity index (χ0) is 14.4. The largest absolute Gasteiger partial charge is 0.489 e. The van der Waals surface area contributed by atoms with Crippen LogP contribution in [-0.4, -0.2) is 23.1 Å². The number of rotatable bonds is 6. The number of hydrogen-bond acceptors (Lipinski definition) is 3.